The predicted octanol–water partition coefficient (Wildman–Crippen LogP) is 5.62. The minimum absolute atomic E-state index is 0.641. The zero-order chi connectivity index (χ0) is 20.1. The average molecular weight is 391 g/mol. The number of anilines is 1. The lowest BCUT2D eigenvalue weighted by molar-refractivity contribution is 0.568. The van der Waals surface area contributed by atoms with Crippen LogP contribution in [0.15, 0.2) is 83.9 Å². The Labute approximate surface area is 171 Å². The molecule has 0 unspecified atom stereocenters. The van der Waals surface area contributed by atoms with Crippen molar-refractivity contribution in [1.29, 1.82) is 0 Å². The van der Waals surface area contributed by atoms with E-state index in [0.29, 0.717) is 5.69 Å². The van der Waals surface area contributed by atoms with Crippen LogP contribution < -0.4 is 5.73 Å². The summed E-state index contributed by atoms with van der Waals surface area (Å²) in [5.41, 5.74) is 14.6. The van der Waals surface area contributed by atoms with Gasteiger partial charge in [0.2, 0.25) is 0 Å². The van der Waals surface area contributed by atoms with Crippen LogP contribution in [0.1, 0.15) is 0 Å². The van der Waals surface area contributed by atoms with E-state index in [4.69, 9.17) is 10.2 Å². The van der Waals surface area contributed by atoms with E-state index in [0.717, 1.165) is 55.4 Å². The molecule has 0 fully saturated rings. The fourth-order valence-electron chi connectivity index (χ4n) is 3.97. The molecule has 6 rings (SSSR count). The smallest absolute Gasteiger partial charge is 0.116 e. The van der Waals surface area contributed by atoms with Gasteiger partial charge in [-0.15, -0.1) is 0 Å². The van der Waals surface area contributed by atoms with Crippen LogP contribution in [0.2, 0.25) is 0 Å². The molecule has 0 spiro atoms. The first-order valence-corrected chi connectivity index (χ1v) is 9.60. The number of nitrogens with one attached hydrogen (secondary N) is 2. The summed E-state index contributed by atoms with van der Waals surface area (Å²) in [5, 5.41) is 9.89. The van der Waals surface area contributed by atoms with E-state index in [1.54, 1.807) is 18.7 Å². The Hall–Kier alpha value is -4.32. The second-order valence-corrected chi connectivity index (χ2v) is 7.30. The van der Waals surface area contributed by atoms with Crippen LogP contribution in [-0.2, 0) is 0 Å². The number of hydrogen-bond acceptors (Lipinski definition) is 4. The third-order valence-corrected chi connectivity index (χ3v) is 5.41. The largest absolute Gasteiger partial charge is 0.472 e. The first kappa shape index (κ1) is 16.6. The van der Waals surface area contributed by atoms with Crippen LogP contribution >= 0.6 is 0 Å². The number of hydrogen-bond donors (Lipinski definition) is 3. The molecule has 0 atom stereocenters. The van der Waals surface area contributed by atoms with Gasteiger partial charge in [-0.2, -0.15) is 5.10 Å². The Balaban J connectivity index is 1.52. The van der Waals surface area contributed by atoms with Crippen molar-refractivity contribution < 1.29 is 4.42 Å². The SMILES string of the molecule is Nc1cncc(-c2ccc3[nH]nc(-c4cc5c(-c6ccoc6)cccc5[nH]4)c3c2)c1. The summed E-state index contributed by atoms with van der Waals surface area (Å²) in [5.74, 6) is 0. The van der Waals surface area contributed by atoms with E-state index < -0.39 is 0 Å². The Morgan fingerprint density at radius 3 is 2.67 bits per heavy atom. The molecule has 30 heavy (non-hydrogen) atoms. The van der Waals surface area contributed by atoms with Gasteiger partial charge in [0.05, 0.1) is 29.4 Å². The van der Waals surface area contributed by atoms with Gasteiger partial charge in [-0.1, -0.05) is 18.2 Å². The lowest BCUT2D eigenvalue weighted by Gasteiger charge is -2.03. The quantitative estimate of drug-likeness (QED) is 0.365. The maximum absolute atomic E-state index is 5.91. The maximum atomic E-state index is 5.91. The Morgan fingerprint density at radius 1 is 0.833 bits per heavy atom. The van der Waals surface area contributed by atoms with Crippen molar-refractivity contribution in [3.8, 4) is 33.6 Å². The third kappa shape index (κ3) is 2.58. The van der Waals surface area contributed by atoms with Gasteiger partial charge in [0.1, 0.15) is 5.69 Å². The zero-order valence-corrected chi connectivity index (χ0v) is 15.9. The van der Waals surface area contributed by atoms with Crippen LogP contribution in [0, 0.1) is 0 Å². The second kappa shape index (κ2) is 6.35. The number of fused-ring (bicyclic) bond motifs is 2. The minimum atomic E-state index is 0.641. The summed E-state index contributed by atoms with van der Waals surface area (Å²) in [6.07, 6.45) is 6.91. The Morgan fingerprint density at radius 2 is 1.80 bits per heavy atom. The molecule has 4 heterocycles. The zero-order valence-electron chi connectivity index (χ0n) is 15.9. The van der Waals surface area contributed by atoms with Gasteiger partial charge in [0.25, 0.3) is 0 Å². The number of aromatic nitrogens is 4. The summed E-state index contributed by atoms with van der Waals surface area (Å²) < 4.78 is 5.28. The molecule has 2 aromatic carbocycles. The highest BCUT2D eigenvalue weighted by atomic mass is 16.3. The molecule has 4 N–H and O–H groups in total. The molecule has 6 heteroatoms. The number of furan rings is 1. The molecule has 0 saturated carbocycles. The summed E-state index contributed by atoms with van der Waals surface area (Å²) >= 11 is 0. The molecule has 0 bridgehead atoms. The first-order valence-electron chi connectivity index (χ1n) is 9.60. The Bertz CT molecular complexity index is 1510. The van der Waals surface area contributed by atoms with Gasteiger partial charge >= 0.3 is 0 Å². The average Bonchev–Trinajstić information content (AvgIpc) is 3.51. The highest BCUT2D eigenvalue weighted by Crippen LogP contribution is 2.35. The molecular formula is C24H17N5O. The molecule has 6 aromatic rings. The standard InChI is InChI=1S/C24H17N5O/c25-17-8-16(11-26-12-17)14-4-5-22-20(9-14)24(29-28-22)23-10-19-18(15-6-7-30-13-15)2-1-3-21(19)27-23/h1-13,27H,25H2,(H,28,29). The highest BCUT2D eigenvalue weighted by Gasteiger charge is 2.14. The highest BCUT2D eigenvalue weighted by molar-refractivity contribution is 6.01. The van der Waals surface area contributed by atoms with Crippen LogP contribution in [0.3, 0.4) is 0 Å². The Kier molecular flexibility index (Phi) is 3.52. The number of pyridine rings is 1. The van der Waals surface area contributed by atoms with Crippen LogP contribution in [0.25, 0.3) is 55.4 Å². The van der Waals surface area contributed by atoms with Crippen molar-refractivity contribution in [2.45, 2.75) is 0 Å². The minimum Gasteiger partial charge on any atom is -0.472 e. The van der Waals surface area contributed by atoms with E-state index in [1.165, 1.54) is 0 Å². The third-order valence-electron chi connectivity index (χ3n) is 5.41. The molecule has 0 radical (unpaired) electrons. The van der Waals surface area contributed by atoms with Gasteiger partial charge in [0.15, 0.2) is 0 Å². The summed E-state index contributed by atoms with van der Waals surface area (Å²) in [4.78, 5) is 7.72. The summed E-state index contributed by atoms with van der Waals surface area (Å²) in [6, 6.07) is 18.4. The number of rotatable bonds is 3. The number of aromatic amines is 2. The van der Waals surface area contributed by atoms with Crippen molar-refractivity contribution in [3.05, 3.63) is 79.5 Å². The van der Waals surface area contributed by atoms with Crippen molar-refractivity contribution in [1.82, 2.24) is 20.2 Å². The number of benzene rings is 2. The molecular weight excluding hydrogens is 374 g/mol. The van der Waals surface area contributed by atoms with Gasteiger partial charge in [-0.25, -0.2) is 0 Å². The molecule has 0 aliphatic carbocycles. The number of H-pyrrole nitrogens is 2. The second-order valence-electron chi connectivity index (χ2n) is 7.30. The van der Waals surface area contributed by atoms with E-state index in [9.17, 15) is 0 Å². The van der Waals surface area contributed by atoms with Gasteiger partial charge in [0, 0.05) is 39.8 Å². The lowest BCUT2D eigenvalue weighted by Crippen LogP contribution is -1.87. The first-order chi connectivity index (χ1) is 14.8. The van der Waals surface area contributed by atoms with Crippen molar-refractivity contribution >= 4 is 27.5 Å². The lowest BCUT2D eigenvalue weighted by atomic mass is 10.0. The summed E-state index contributed by atoms with van der Waals surface area (Å²) in [7, 11) is 0. The number of nitrogen functional groups attached to an aromatic ring is 1. The van der Waals surface area contributed by atoms with Gasteiger partial charge in [-0.3, -0.25) is 10.1 Å². The van der Waals surface area contributed by atoms with Crippen LogP contribution in [-0.4, -0.2) is 20.2 Å². The van der Waals surface area contributed by atoms with E-state index in [1.807, 2.05) is 36.5 Å². The number of nitrogens with two attached hydrogens (primary N) is 1. The number of nitrogens with zero attached hydrogens (tertiary/aromatic N) is 2. The van der Waals surface area contributed by atoms with Crippen LogP contribution in [0.5, 0.6) is 0 Å². The fourth-order valence-corrected chi connectivity index (χ4v) is 3.97. The maximum Gasteiger partial charge on any atom is 0.116 e. The fraction of sp³-hybridized carbons (Fsp3) is 0. The molecule has 0 saturated heterocycles. The van der Waals surface area contributed by atoms with Crippen molar-refractivity contribution in [2.24, 2.45) is 0 Å². The van der Waals surface area contributed by atoms with E-state index in [-0.39, 0.29) is 0 Å². The van der Waals surface area contributed by atoms with E-state index in [2.05, 4.69) is 44.4 Å². The monoisotopic (exact) mass is 391 g/mol. The molecule has 0 aliphatic rings. The van der Waals surface area contributed by atoms with Gasteiger partial charge < -0.3 is 15.1 Å². The van der Waals surface area contributed by atoms with Crippen molar-refractivity contribution in [3.63, 3.8) is 0 Å². The molecule has 6 nitrogen and oxygen atoms in total. The summed E-state index contributed by atoms with van der Waals surface area (Å²) in [6.45, 7) is 0. The molecule has 144 valence electrons. The predicted molar refractivity (Wildman–Crippen MR) is 119 cm³/mol. The molecule has 0 amide bonds. The normalized spacial score (nSPS) is 11.5. The van der Waals surface area contributed by atoms with Crippen molar-refractivity contribution in [2.75, 3.05) is 5.73 Å². The topological polar surface area (TPSA) is 96.5 Å². The van der Waals surface area contributed by atoms with Gasteiger partial charge in [-0.05, 0) is 47.5 Å². The molecule has 4 aromatic heterocycles. The van der Waals surface area contributed by atoms with E-state index >= 15 is 0 Å². The molecule has 0 aliphatic heterocycles. The van der Waals surface area contributed by atoms with Crippen LogP contribution in [0.4, 0.5) is 5.69 Å².